The van der Waals surface area contributed by atoms with Crippen LogP contribution in [0.1, 0.15) is 18.5 Å². The van der Waals surface area contributed by atoms with Gasteiger partial charge in [-0.25, -0.2) is 8.42 Å². The summed E-state index contributed by atoms with van der Waals surface area (Å²) < 4.78 is 63.0. The lowest BCUT2D eigenvalue weighted by Gasteiger charge is -2.22. The monoisotopic (exact) mass is 345 g/mol. The maximum atomic E-state index is 12.4. The predicted molar refractivity (Wildman–Crippen MR) is 72.5 cm³/mol. The summed E-state index contributed by atoms with van der Waals surface area (Å²) in [6.07, 6.45) is -2.50. The van der Waals surface area contributed by atoms with Gasteiger partial charge in [-0.05, 0) is 25.0 Å². The first-order chi connectivity index (χ1) is 9.26. The first-order valence-electron chi connectivity index (χ1n) is 6.02. The van der Waals surface area contributed by atoms with Crippen LogP contribution in [0.15, 0.2) is 23.2 Å². The van der Waals surface area contributed by atoms with Crippen LogP contribution in [-0.4, -0.2) is 36.8 Å². The average molecular weight is 346 g/mol. The molecule has 1 aromatic rings. The molecule has 1 atom stereocenters. The molecule has 0 bridgehead atoms. The Balaban J connectivity index is 0.00000220. The van der Waals surface area contributed by atoms with Crippen molar-refractivity contribution in [1.82, 2.24) is 9.29 Å². The van der Waals surface area contributed by atoms with E-state index in [9.17, 15) is 21.6 Å². The van der Waals surface area contributed by atoms with Gasteiger partial charge in [0.15, 0.2) is 0 Å². The molecule has 1 aliphatic rings. The maximum Gasteiger partial charge on any atom is 0.433 e. The minimum atomic E-state index is -4.59. The molecule has 2 N–H and O–H groups in total. The number of pyridine rings is 1. The zero-order valence-electron chi connectivity index (χ0n) is 10.9. The SMILES string of the molecule is Cl.NCC1CCCN1S(=O)(=O)c1ccc(C(F)(F)F)nc1. The maximum absolute atomic E-state index is 12.4. The molecule has 21 heavy (non-hydrogen) atoms. The van der Waals surface area contributed by atoms with Crippen molar-refractivity contribution in [3.8, 4) is 0 Å². The van der Waals surface area contributed by atoms with E-state index >= 15 is 0 Å². The Labute approximate surface area is 126 Å². The summed E-state index contributed by atoms with van der Waals surface area (Å²) in [5.74, 6) is 0. The third kappa shape index (κ3) is 3.65. The molecule has 1 unspecified atom stereocenters. The molecule has 1 aliphatic heterocycles. The molecule has 1 aromatic heterocycles. The zero-order valence-corrected chi connectivity index (χ0v) is 12.5. The lowest BCUT2D eigenvalue weighted by molar-refractivity contribution is -0.141. The smallest absolute Gasteiger partial charge is 0.329 e. The summed E-state index contributed by atoms with van der Waals surface area (Å²) >= 11 is 0. The van der Waals surface area contributed by atoms with Gasteiger partial charge in [-0.15, -0.1) is 12.4 Å². The van der Waals surface area contributed by atoms with E-state index < -0.39 is 21.9 Å². The minimum Gasteiger partial charge on any atom is -0.329 e. The zero-order chi connectivity index (χ0) is 15.0. The van der Waals surface area contributed by atoms with Gasteiger partial charge in [0.25, 0.3) is 0 Å². The molecule has 2 heterocycles. The van der Waals surface area contributed by atoms with Gasteiger partial charge in [0.2, 0.25) is 10.0 Å². The van der Waals surface area contributed by atoms with Gasteiger partial charge in [0.1, 0.15) is 10.6 Å². The molecule has 2 rings (SSSR count). The van der Waals surface area contributed by atoms with Gasteiger partial charge in [-0.1, -0.05) is 0 Å². The van der Waals surface area contributed by atoms with E-state index in [0.717, 1.165) is 12.3 Å². The van der Waals surface area contributed by atoms with Crippen molar-refractivity contribution in [3.63, 3.8) is 0 Å². The lowest BCUT2D eigenvalue weighted by Crippen LogP contribution is -2.39. The summed E-state index contributed by atoms with van der Waals surface area (Å²) in [6.45, 7) is 0.512. The van der Waals surface area contributed by atoms with Crippen molar-refractivity contribution < 1.29 is 21.6 Å². The lowest BCUT2D eigenvalue weighted by atomic mass is 10.2. The highest BCUT2D eigenvalue weighted by Gasteiger charge is 2.36. The molecule has 0 amide bonds. The summed E-state index contributed by atoms with van der Waals surface area (Å²) in [4.78, 5) is 2.93. The van der Waals surface area contributed by atoms with Crippen LogP contribution in [0, 0.1) is 0 Å². The highest BCUT2D eigenvalue weighted by molar-refractivity contribution is 7.89. The second kappa shape index (κ2) is 6.47. The number of alkyl halides is 3. The van der Waals surface area contributed by atoms with Crippen LogP contribution in [0.2, 0.25) is 0 Å². The fourth-order valence-corrected chi connectivity index (χ4v) is 3.85. The van der Waals surface area contributed by atoms with Gasteiger partial charge < -0.3 is 5.73 Å². The number of rotatable bonds is 3. The van der Waals surface area contributed by atoms with Crippen molar-refractivity contribution >= 4 is 22.4 Å². The van der Waals surface area contributed by atoms with Gasteiger partial charge >= 0.3 is 6.18 Å². The minimum absolute atomic E-state index is 0. The van der Waals surface area contributed by atoms with Gasteiger partial charge in [-0.2, -0.15) is 17.5 Å². The number of aromatic nitrogens is 1. The first-order valence-corrected chi connectivity index (χ1v) is 7.46. The highest BCUT2D eigenvalue weighted by atomic mass is 35.5. The normalized spacial score (nSPS) is 20.3. The van der Waals surface area contributed by atoms with E-state index in [1.165, 1.54) is 4.31 Å². The van der Waals surface area contributed by atoms with Crippen LogP contribution in [-0.2, 0) is 16.2 Å². The van der Waals surface area contributed by atoms with Crippen LogP contribution in [0.25, 0.3) is 0 Å². The largest absolute Gasteiger partial charge is 0.433 e. The number of halogens is 4. The molecular formula is C11H15ClF3N3O2S. The fourth-order valence-electron chi connectivity index (χ4n) is 2.20. The summed E-state index contributed by atoms with van der Waals surface area (Å²) in [6, 6.07) is 1.29. The Morgan fingerprint density at radius 1 is 1.38 bits per heavy atom. The summed E-state index contributed by atoms with van der Waals surface area (Å²) in [7, 11) is -3.84. The molecule has 0 radical (unpaired) electrons. The number of nitrogens with zero attached hydrogens (tertiary/aromatic N) is 2. The van der Waals surface area contributed by atoms with E-state index in [2.05, 4.69) is 4.98 Å². The average Bonchev–Trinajstić information content (AvgIpc) is 2.87. The van der Waals surface area contributed by atoms with E-state index in [0.29, 0.717) is 25.5 Å². The third-order valence-corrected chi connectivity index (χ3v) is 5.16. The van der Waals surface area contributed by atoms with Crippen molar-refractivity contribution in [2.24, 2.45) is 5.73 Å². The molecule has 0 spiro atoms. The molecule has 0 aromatic carbocycles. The topological polar surface area (TPSA) is 76.3 Å². The van der Waals surface area contributed by atoms with Crippen LogP contribution in [0.3, 0.4) is 0 Å². The third-order valence-electron chi connectivity index (χ3n) is 3.23. The molecular weight excluding hydrogens is 331 g/mol. The fraction of sp³-hybridized carbons (Fsp3) is 0.545. The van der Waals surface area contributed by atoms with Crippen molar-refractivity contribution in [1.29, 1.82) is 0 Å². The molecule has 1 saturated heterocycles. The summed E-state index contributed by atoms with van der Waals surface area (Å²) in [5, 5.41) is 0. The number of hydrogen-bond donors (Lipinski definition) is 1. The summed E-state index contributed by atoms with van der Waals surface area (Å²) in [5.41, 5.74) is 4.39. The standard InChI is InChI=1S/C11H14F3N3O2S.ClH/c12-11(13,14)10-4-3-9(7-16-10)20(18,19)17-5-1-2-8(17)6-15;/h3-4,7-8H,1-2,5-6,15H2;1H. The molecule has 10 heteroatoms. The van der Waals surface area contributed by atoms with E-state index in [-0.39, 0.29) is 29.9 Å². The molecule has 0 aliphatic carbocycles. The van der Waals surface area contributed by atoms with Gasteiger partial charge in [-0.3, -0.25) is 4.98 Å². The van der Waals surface area contributed by atoms with Gasteiger partial charge in [0.05, 0.1) is 0 Å². The van der Waals surface area contributed by atoms with Crippen LogP contribution < -0.4 is 5.73 Å². The Morgan fingerprint density at radius 3 is 2.52 bits per heavy atom. The van der Waals surface area contributed by atoms with Gasteiger partial charge in [0, 0.05) is 25.3 Å². The van der Waals surface area contributed by atoms with Crippen molar-refractivity contribution in [3.05, 3.63) is 24.0 Å². The number of nitrogens with two attached hydrogens (primary N) is 1. The second-order valence-corrected chi connectivity index (χ2v) is 6.41. The Hall–Kier alpha value is -0.900. The number of sulfonamides is 1. The quantitative estimate of drug-likeness (QED) is 0.903. The van der Waals surface area contributed by atoms with Crippen molar-refractivity contribution in [2.45, 2.75) is 30.0 Å². The Kier molecular flexibility index (Phi) is 5.59. The Morgan fingerprint density at radius 2 is 2.05 bits per heavy atom. The van der Waals surface area contributed by atoms with Crippen LogP contribution in [0.4, 0.5) is 13.2 Å². The van der Waals surface area contributed by atoms with Crippen molar-refractivity contribution in [2.75, 3.05) is 13.1 Å². The molecule has 5 nitrogen and oxygen atoms in total. The van der Waals surface area contributed by atoms with Crippen LogP contribution in [0.5, 0.6) is 0 Å². The Bertz CT molecular complexity index is 577. The second-order valence-electron chi connectivity index (χ2n) is 4.52. The van der Waals surface area contributed by atoms with E-state index in [4.69, 9.17) is 5.73 Å². The highest BCUT2D eigenvalue weighted by Crippen LogP contribution is 2.29. The van der Waals surface area contributed by atoms with E-state index in [1.54, 1.807) is 0 Å². The van der Waals surface area contributed by atoms with Crippen LogP contribution >= 0.6 is 12.4 Å². The predicted octanol–water partition coefficient (Wildman–Crippen LogP) is 1.63. The number of hydrogen-bond acceptors (Lipinski definition) is 4. The molecule has 1 fully saturated rings. The first kappa shape index (κ1) is 18.1. The molecule has 120 valence electrons. The molecule has 0 saturated carbocycles. The van der Waals surface area contributed by atoms with E-state index in [1.807, 2.05) is 0 Å².